The molecule has 1 saturated carbocycles. The predicted molar refractivity (Wildman–Crippen MR) is 194 cm³/mol. The first-order valence-corrected chi connectivity index (χ1v) is 18.0. The zero-order valence-corrected chi connectivity index (χ0v) is 28.7. The summed E-state index contributed by atoms with van der Waals surface area (Å²) in [7, 11) is 0. The molecule has 0 bridgehead atoms. The molecule has 2 aromatic carbocycles. The van der Waals surface area contributed by atoms with Crippen molar-refractivity contribution in [1.29, 1.82) is 0 Å². The number of aromatic hydroxyl groups is 1. The van der Waals surface area contributed by atoms with E-state index in [9.17, 15) is 28.6 Å². The first-order valence-electron chi connectivity index (χ1n) is 18.0. The molecule has 12 heteroatoms. The summed E-state index contributed by atoms with van der Waals surface area (Å²) in [5.41, 5.74) is 3.62. The van der Waals surface area contributed by atoms with Crippen LogP contribution in [-0.2, 0) is 13.0 Å². The Morgan fingerprint density at radius 1 is 0.904 bits per heavy atom. The number of halogens is 2. The Kier molecular flexibility index (Phi) is 9.18. The quantitative estimate of drug-likeness (QED) is 0.185. The summed E-state index contributed by atoms with van der Waals surface area (Å²) in [5, 5.41) is 20.3. The van der Waals surface area contributed by atoms with Crippen molar-refractivity contribution in [1.82, 2.24) is 28.4 Å². The maximum atomic E-state index is 14.6. The van der Waals surface area contributed by atoms with Crippen molar-refractivity contribution in [3.63, 3.8) is 0 Å². The third-order valence-electron chi connectivity index (χ3n) is 10.9. The molecule has 1 aliphatic heterocycles. The van der Waals surface area contributed by atoms with E-state index in [4.69, 9.17) is 0 Å². The number of likely N-dealkylation sites (tertiary alicyclic amines) is 1. The predicted octanol–water partition coefficient (Wildman–Crippen LogP) is 6.17. The first kappa shape index (κ1) is 33.9. The van der Waals surface area contributed by atoms with Crippen molar-refractivity contribution < 1.29 is 19.0 Å². The van der Waals surface area contributed by atoms with Crippen LogP contribution in [-0.4, -0.2) is 57.8 Å². The minimum Gasteiger partial charge on any atom is -0.508 e. The molecule has 0 spiro atoms. The molecular formula is C40H40F2N6O4. The van der Waals surface area contributed by atoms with Crippen LogP contribution in [0.1, 0.15) is 62.2 Å². The standard InChI is InChI=1S/C40H40F2N6O4/c41-28-9-15-37-44-30(23-46(37)22-28)10-6-25-7-11-31(12-8-25)48-39(51)36-19-29(42)20-43-38(36)47(40(48)52)32-4-1-3-26(17-32)35-14-13-34(50)18-27(35)21-45-16-2-5-33(45)24-49/h1,3-4,9,13-15,17-20,22-23,25,31,33,49-50H,2,5-8,10-12,16,21,24H2/t25?,31?,33-/m1/s1. The fourth-order valence-electron chi connectivity index (χ4n) is 8.25. The van der Waals surface area contributed by atoms with Gasteiger partial charge in [0, 0.05) is 31.0 Å². The van der Waals surface area contributed by atoms with E-state index in [1.54, 1.807) is 28.7 Å². The number of phenols is 1. The molecule has 4 aromatic heterocycles. The number of imidazole rings is 1. The summed E-state index contributed by atoms with van der Waals surface area (Å²) in [4.78, 5) is 39.4. The number of rotatable bonds is 9. The van der Waals surface area contributed by atoms with E-state index in [-0.39, 0.29) is 41.3 Å². The van der Waals surface area contributed by atoms with Gasteiger partial charge in [-0.25, -0.2) is 28.1 Å². The van der Waals surface area contributed by atoms with Crippen molar-refractivity contribution in [3.8, 4) is 22.6 Å². The zero-order valence-electron chi connectivity index (χ0n) is 28.7. The Bertz CT molecular complexity index is 2400. The molecule has 2 fully saturated rings. The molecule has 0 unspecified atom stereocenters. The summed E-state index contributed by atoms with van der Waals surface area (Å²) in [6.07, 6.45) is 10.7. The minimum absolute atomic E-state index is 0.0322. The smallest absolute Gasteiger partial charge is 0.337 e. The van der Waals surface area contributed by atoms with E-state index in [2.05, 4.69) is 14.9 Å². The second-order valence-corrected chi connectivity index (χ2v) is 14.2. The van der Waals surface area contributed by atoms with Crippen molar-refractivity contribution in [2.24, 2.45) is 5.92 Å². The van der Waals surface area contributed by atoms with Gasteiger partial charge in [0.15, 0.2) is 5.65 Å². The Hall–Kier alpha value is -5.20. The lowest BCUT2D eigenvalue weighted by atomic mass is 9.83. The monoisotopic (exact) mass is 706 g/mol. The van der Waals surface area contributed by atoms with Gasteiger partial charge in [0.05, 0.1) is 29.6 Å². The number of aliphatic hydroxyl groups excluding tert-OH is 1. The summed E-state index contributed by atoms with van der Waals surface area (Å²) in [6, 6.07) is 16.5. The first-order chi connectivity index (χ1) is 25.2. The molecule has 268 valence electrons. The fraction of sp³-hybridized carbons (Fsp3) is 0.350. The average Bonchev–Trinajstić information content (AvgIpc) is 3.77. The van der Waals surface area contributed by atoms with Gasteiger partial charge in [-0.3, -0.25) is 14.3 Å². The highest BCUT2D eigenvalue weighted by Crippen LogP contribution is 2.35. The van der Waals surface area contributed by atoms with E-state index in [0.717, 1.165) is 79.7 Å². The molecule has 1 saturated heterocycles. The summed E-state index contributed by atoms with van der Waals surface area (Å²) >= 11 is 0. The largest absolute Gasteiger partial charge is 0.508 e. The van der Waals surface area contributed by atoms with E-state index in [1.165, 1.54) is 21.4 Å². The van der Waals surface area contributed by atoms with Crippen LogP contribution in [0.4, 0.5) is 8.78 Å². The summed E-state index contributed by atoms with van der Waals surface area (Å²) in [5.74, 6) is -0.470. The number of nitrogens with zero attached hydrogens (tertiary/aromatic N) is 6. The van der Waals surface area contributed by atoms with E-state index < -0.39 is 17.1 Å². The number of aromatic nitrogens is 5. The number of phenolic OH excluding ortho intramolecular Hbond substituents is 1. The highest BCUT2D eigenvalue weighted by atomic mass is 19.1. The third kappa shape index (κ3) is 6.52. The van der Waals surface area contributed by atoms with Crippen molar-refractivity contribution in [3.05, 3.63) is 123 Å². The number of hydrogen-bond donors (Lipinski definition) is 2. The summed E-state index contributed by atoms with van der Waals surface area (Å²) < 4.78 is 32.6. The number of hydrogen-bond acceptors (Lipinski definition) is 7. The molecule has 0 radical (unpaired) electrons. The molecule has 8 rings (SSSR count). The summed E-state index contributed by atoms with van der Waals surface area (Å²) in [6.45, 7) is 1.45. The van der Waals surface area contributed by atoms with Crippen molar-refractivity contribution in [2.75, 3.05) is 13.2 Å². The van der Waals surface area contributed by atoms with Gasteiger partial charge >= 0.3 is 5.69 Å². The van der Waals surface area contributed by atoms with Gasteiger partial charge in [-0.1, -0.05) is 18.2 Å². The van der Waals surface area contributed by atoms with Crippen LogP contribution < -0.4 is 11.2 Å². The van der Waals surface area contributed by atoms with Gasteiger partial charge in [0.2, 0.25) is 0 Å². The van der Waals surface area contributed by atoms with E-state index in [1.807, 2.05) is 30.5 Å². The number of fused-ring (bicyclic) bond motifs is 2. The second kappa shape index (κ2) is 14.1. The van der Waals surface area contributed by atoms with Gasteiger partial charge in [-0.05, 0) is 123 Å². The third-order valence-corrected chi connectivity index (χ3v) is 10.9. The highest BCUT2D eigenvalue weighted by Gasteiger charge is 2.28. The Labute approximate surface area is 298 Å². The van der Waals surface area contributed by atoms with Crippen LogP contribution in [0, 0.1) is 17.6 Å². The molecule has 10 nitrogen and oxygen atoms in total. The Morgan fingerprint density at radius 3 is 2.58 bits per heavy atom. The lowest BCUT2D eigenvalue weighted by molar-refractivity contribution is 0.153. The maximum Gasteiger partial charge on any atom is 0.337 e. The van der Waals surface area contributed by atoms with Crippen LogP contribution in [0.15, 0.2) is 88.8 Å². The van der Waals surface area contributed by atoms with Crippen molar-refractivity contribution in [2.45, 2.75) is 70.0 Å². The van der Waals surface area contributed by atoms with E-state index >= 15 is 0 Å². The molecule has 5 heterocycles. The molecule has 0 amide bonds. The Balaban J connectivity index is 1.09. The lowest BCUT2D eigenvalue weighted by Gasteiger charge is -2.30. The van der Waals surface area contributed by atoms with Crippen molar-refractivity contribution >= 4 is 16.7 Å². The molecule has 2 aliphatic rings. The van der Waals surface area contributed by atoms with Gasteiger partial charge in [0.1, 0.15) is 23.0 Å². The average molecular weight is 707 g/mol. The number of pyridine rings is 2. The van der Waals surface area contributed by atoms with Gasteiger partial charge in [-0.2, -0.15) is 0 Å². The maximum absolute atomic E-state index is 14.6. The molecule has 6 aromatic rings. The normalized spacial score (nSPS) is 19.6. The molecule has 1 aliphatic carbocycles. The van der Waals surface area contributed by atoms with Crippen LogP contribution in [0.2, 0.25) is 0 Å². The van der Waals surface area contributed by atoms with Gasteiger partial charge in [0.25, 0.3) is 5.56 Å². The molecular weight excluding hydrogens is 666 g/mol. The SMILES string of the molecule is O=c1c2cc(F)cnc2n(-c2cccc(-c3ccc(O)cc3CN3CCC[C@@H]3CO)c2)c(=O)n1C1CCC(CCc2cn3cc(F)ccc3n2)CC1. The Morgan fingerprint density at radius 2 is 1.75 bits per heavy atom. The molecule has 1 atom stereocenters. The van der Waals surface area contributed by atoms with Gasteiger partial charge in [-0.15, -0.1) is 0 Å². The topological polar surface area (TPSA) is 118 Å². The molecule has 52 heavy (non-hydrogen) atoms. The van der Waals surface area contributed by atoms with Gasteiger partial charge < -0.3 is 14.6 Å². The molecule has 2 N–H and O–H groups in total. The highest BCUT2D eigenvalue weighted by molar-refractivity contribution is 5.77. The second-order valence-electron chi connectivity index (χ2n) is 14.2. The van der Waals surface area contributed by atoms with Crippen LogP contribution in [0.3, 0.4) is 0 Å². The van der Waals surface area contributed by atoms with E-state index in [0.29, 0.717) is 36.6 Å². The zero-order chi connectivity index (χ0) is 35.9. The van der Waals surface area contributed by atoms with Crippen LogP contribution in [0.5, 0.6) is 5.75 Å². The van der Waals surface area contributed by atoms with Crippen LogP contribution >= 0.6 is 0 Å². The minimum atomic E-state index is -0.662. The van der Waals surface area contributed by atoms with Crippen LogP contribution in [0.25, 0.3) is 33.5 Å². The lowest BCUT2D eigenvalue weighted by Crippen LogP contribution is -2.43. The number of benzene rings is 2. The number of aliphatic hydroxyl groups is 1. The fourth-order valence-corrected chi connectivity index (χ4v) is 8.25. The number of aryl methyl sites for hydroxylation is 1.